The summed E-state index contributed by atoms with van der Waals surface area (Å²) in [5.74, 6) is -0.830. The third kappa shape index (κ3) is 55.8. The van der Waals surface area contributed by atoms with E-state index in [-0.39, 0.29) is 32.0 Å². The second-order valence-electron chi connectivity index (χ2n) is 19.6. The maximum absolute atomic E-state index is 12.8. The van der Waals surface area contributed by atoms with Crippen molar-refractivity contribution < 1.29 is 42.1 Å². The van der Waals surface area contributed by atoms with Gasteiger partial charge >= 0.3 is 19.8 Å². The Morgan fingerprint density at radius 1 is 0.451 bits per heavy atom. The third-order valence-electron chi connectivity index (χ3n) is 11.5. The number of unbranched alkanes of at least 4 members (excludes halogenated alkanes) is 18. The van der Waals surface area contributed by atoms with E-state index in [2.05, 4.69) is 123 Å². The van der Waals surface area contributed by atoms with Crippen molar-refractivity contribution in [2.24, 2.45) is 0 Å². The van der Waals surface area contributed by atoms with E-state index in [1.807, 2.05) is 21.1 Å². The zero-order valence-corrected chi connectivity index (χ0v) is 46.8. The molecular formula is C61H105NO8P+. The largest absolute Gasteiger partial charge is 0.472 e. The smallest absolute Gasteiger partial charge is 0.462 e. The van der Waals surface area contributed by atoms with E-state index in [0.717, 1.165) is 128 Å². The molecule has 2 unspecified atom stereocenters. The average molecular weight is 1010 g/mol. The second-order valence-corrected chi connectivity index (χ2v) is 21.0. The van der Waals surface area contributed by atoms with Crippen LogP contribution in [0.1, 0.15) is 213 Å². The molecule has 0 rings (SSSR count). The summed E-state index contributed by atoms with van der Waals surface area (Å²) in [6, 6.07) is 0. The van der Waals surface area contributed by atoms with Crippen LogP contribution in [0.25, 0.3) is 0 Å². The van der Waals surface area contributed by atoms with Crippen molar-refractivity contribution in [3.63, 3.8) is 0 Å². The van der Waals surface area contributed by atoms with Crippen molar-refractivity contribution in [3.05, 3.63) is 109 Å². The fourth-order valence-electron chi connectivity index (χ4n) is 7.20. The van der Waals surface area contributed by atoms with E-state index in [0.29, 0.717) is 17.4 Å². The molecule has 0 amide bonds. The molecule has 0 aliphatic carbocycles. The van der Waals surface area contributed by atoms with Gasteiger partial charge in [0.05, 0.1) is 27.7 Å². The first-order chi connectivity index (χ1) is 34.5. The van der Waals surface area contributed by atoms with Crippen LogP contribution in [-0.2, 0) is 32.7 Å². The third-order valence-corrected chi connectivity index (χ3v) is 12.5. The highest BCUT2D eigenvalue weighted by Crippen LogP contribution is 2.43. The van der Waals surface area contributed by atoms with Crippen molar-refractivity contribution >= 4 is 19.8 Å². The van der Waals surface area contributed by atoms with Gasteiger partial charge in [0, 0.05) is 12.8 Å². The molecule has 0 aliphatic heterocycles. The molecular weight excluding hydrogens is 906 g/mol. The van der Waals surface area contributed by atoms with Gasteiger partial charge in [-0.05, 0) is 103 Å². The Labute approximate surface area is 436 Å². The van der Waals surface area contributed by atoms with Crippen LogP contribution < -0.4 is 0 Å². The number of phosphoric ester groups is 1. The molecule has 0 aromatic heterocycles. The highest BCUT2D eigenvalue weighted by molar-refractivity contribution is 7.47. The van der Waals surface area contributed by atoms with Crippen LogP contribution in [-0.4, -0.2) is 74.9 Å². The summed E-state index contributed by atoms with van der Waals surface area (Å²) in [4.78, 5) is 35.6. The Bertz CT molecular complexity index is 1570. The number of nitrogens with zero attached hydrogens (tertiary/aromatic N) is 1. The lowest BCUT2D eigenvalue weighted by atomic mass is 10.1. The monoisotopic (exact) mass is 1010 g/mol. The van der Waals surface area contributed by atoms with Crippen LogP contribution in [0.2, 0.25) is 0 Å². The number of rotatable bonds is 50. The summed E-state index contributed by atoms with van der Waals surface area (Å²) < 4.78 is 34.5. The Hall–Kier alpha value is -3.33. The molecule has 0 heterocycles. The van der Waals surface area contributed by atoms with Gasteiger partial charge in [-0.3, -0.25) is 18.6 Å². The highest BCUT2D eigenvalue weighted by atomic mass is 31.2. The molecule has 2 atom stereocenters. The standard InChI is InChI=1S/C61H104NO8P/c1-6-8-10-12-14-16-18-20-22-24-25-26-27-28-29-30-31-32-33-34-35-36-37-38-40-42-44-46-48-50-52-54-61(64)70-59(58-69-71(65,66)68-56-55-62(3,4)5)57-67-60(63)53-51-49-47-45-43-41-39-23-21-19-17-15-13-11-9-7-2/h8,10,14,16,20,22-23,25-26,28-29,31-32,34-35,37-39,59H,6-7,9,11-13,15,17-19,21,24,27,30,33,36,40-58H2,1-5H3/p+1/b10-8-,16-14-,22-20-,26-25-,29-28-,32-31-,35-34-,38-37-,39-23-. The van der Waals surface area contributed by atoms with Crippen LogP contribution in [0.4, 0.5) is 0 Å². The molecule has 0 bridgehead atoms. The fourth-order valence-corrected chi connectivity index (χ4v) is 7.94. The molecule has 0 spiro atoms. The van der Waals surface area contributed by atoms with E-state index in [9.17, 15) is 19.0 Å². The number of quaternary nitrogens is 1. The Morgan fingerprint density at radius 2 is 0.803 bits per heavy atom. The SMILES string of the molecule is CC/C=C\C/C=C\C/C=C\C/C=C\C/C=C\C/C=C\C/C=C\C/C=C\CCCCCCCCC(=O)OC(COC(=O)CCCCCCC/C=C\CCCCCCCCC)COP(=O)(O)OCC[N+](C)(C)C. The Morgan fingerprint density at radius 3 is 1.21 bits per heavy atom. The molecule has 0 aliphatic rings. The number of carbonyl (C=O) groups is 2. The van der Waals surface area contributed by atoms with Crippen molar-refractivity contribution in [3.8, 4) is 0 Å². The minimum atomic E-state index is -4.40. The van der Waals surface area contributed by atoms with Crippen LogP contribution in [0.15, 0.2) is 109 Å². The van der Waals surface area contributed by atoms with E-state index in [1.54, 1.807) is 0 Å². The lowest BCUT2D eigenvalue weighted by Gasteiger charge is -2.24. The van der Waals surface area contributed by atoms with Gasteiger partial charge in [-0.1, -0.05) is 207 Å². The molecule has 0 saturated heterocycles. The van der Waals surface area contributed by atoms with Crippen molar-refractivity contribution in [2.45, 2.75) is 219 Å². The molecule has 0 aromatic rings. The number of carbonyl (C=O) groups excluding carboxylic acids is 2. The molecule has 0 saturated carbocycles. The van der Waals surface area contributed by atoms with E-state index in [4.69, 9.17) is 18.5 Å². The summed E-state index contributed by atoms with van der Waals surface area (Å²) in [6.45, 7) is 4.28. The lowest BCUT2D eigenvalue weighted by Crippen LogP contribution is -2.37. The van der Waals surface area contributed by atoms with Gasteiger partial charge in [0.15, 0.2) is 6.10 Å². The number of ether oxygens (including phenoxy) is 2. The normalized spacial score (nSPS) is 14.2. The predicted octanol–water partition coefficient (Wildman–Crippen LogP) is 17.4. The topological polar surface area (TPSA) is 108 Å². The second kappa shape index (κ2) is 51.6. The molecule has 0 radical (unpaired) electrons. The first kappa shape index (κ1) is 67.7. The van der Waals surface area contributed by atoms with Gasteiger partial charge in [-0.25, -0.2) is 4.57 Å². The number of allylic oxidation sites excluding steroid dienone is 18. The van der Waals surface area contributed by atoms with Crippen molar-refractivity contribution in [1.82, 2.24) is 0 Å². The maximum atomic E-state index is 12.8. The lowest BCUT2D eigenvalue weighted by molar-refractivity contribution is -0.870. The Kier molecular flexibility index (Phi) is 49.1. The van der Waals surface area contributed by atoms with Crippen LogP contribution in [0.3, 0.4) is 0 Å². The van der Waals surface area contributed by atoms with Crippen molar-refractivity contribution in [1.29, 1.82) is 0 Å². The average Bonchev–Trinajstić information content (AvgIpc) is 3.33. The zero-order chi connectivity index (χ0) is 52.0. The van der Waals surface area contributed by atoms with Crippen LogP contribution in [0, 0.1) is 0 Å². The summed E-state index contributed by atoms with van der Waals surface area (Å²) in [5, 5.41) is 0. The van der Waals surface area contributed by atoms with E-state index < -0.39 is 26.5 Å². The molecule has 9 nitrogen and oxygen atoms in total. The van der Waals surface area contributed by atoms with E-state index in [1.165, 1.54) is 51.4 Å². The van der Waals surface area contributed by atoms with Crippen LogP contribution in [0.5, 0.6) is 0 Å². The van der Waals surface area contributed by atoms with Crippen LogP contribution >= 0.6 is 7.82 Å². The minimum Gasteiger partial charge on any atom is -0.462 e. The molecule has 406 valence electrons. The summed E-state index contributed by atoms with van der Waals surface area (Å²) in [6.07, 6.45) is 71.5. The van der Waals surface area contributed by atoms with Gasteiger partial charge in [0.1, 0.15) is 19.8 Å². The number of hydrogen-bond donors (Lipinski definition) is 1. The van der Waals surface area contributed by atoms with Gasteiger partial charge in [0.25, 0.3) is 0 Å². The maximum Gasteiger partial charge on any atom is 0.472 e. The van der Waals surface area contributed by atoms with Gasteiger partial charge < -0.3 is 18.9 Å². The van der Waals surface area contributed by atoms with Gasteiger partial charge in [-0.15, -0.1) is 0 Å². The van der Waals surface area contributed by atoms with Crippen molar-refractivity contribution in [2.75, 3.05) is 47.5 Å². The fraction of sp³-hybridized carbons (Fsp3) is 0.672. The number of likely N-dealkylation sites (N-methyl/N-ethyl adjacent to an activating group) is 1. The molecule has 0 fully saturated rings. The zero-order valence-electron chi connectivity index (χ0n) is 45.9. The number of esters is 2. The molecule has 71 heavy (non-hydrogen) atoms. The van der Waals surface area contributed by atoms with E-state index >= 15 is 0 Å². The predicted molar refractivity (Wildman–Crippen MR) is 302 cm³/mol. The molecule has 1 N–H and O–H groups in total. The molecule has 0 aromatic carbocycles. The Balaban J connectivity index is 4.25. The van der Waals surface area contributed by atoms with Gasteiger partial charge in [-0.2, -0.15) is 0 Å². The number of hydrogen-bond acceptors (Lipinski definition) is 7. The summed E-state index contributed by atoms with van der Waals surface area (Å²) in [7, 11) is 1.45. The summed E-state index contributed by atoms with van der Waals surface area (Å²) >= 11 is 0. The minimum absolute atomic E-state index is 0.0217. The van der Waals surface area contributed by atoms with Gasteiger partial charge in [0.2, 0.25) is 0 Å². The first-order valence-electron chi connectivity index (χ1n) is 28.1. The highest BCUT2D eigenvalue weighted by Gasteiger charge is 2.27. The quantitative estimate of drug-likeness (QED) is 0.0211. The molecule has 10 heteroatoms. The number of phosphoric acid groups is 1. The first-order valence-corrected chi connectivity index (χ1v) is 29.6. The summed E-state index contributed by atoms with van der Waals surface area (Å²) in [5.41, 5.74) is 0.